The second-order valence-electron chi connectivity index (χ2n) is 4.02. The van der Waals surface area contributed by atoms with E-state index in [0.717, 1.165) is 12.2 Å². The largest absolute Gasteiger partial charge is 0.467 e. The molecule has 0 aliphatic rings. The molecule has 5 nitrogen and oxygen atoms in total. The Morgan fingerprint density at radius 3 is 3.12 bits per heavy atom. The third-order valence-electron chi connectivity index (χ3n) is 2.12. The van der Waals surface area contributed by atoms with Crippen LogP contribution >= 0.6 is 0 Å². The number of nitrogens with one attached hydrogen (secondary N) is 1. The van der Waals surface area contributed by atoms with Crippen molar-refractivity contribution in [2.75, 3.05) is 13.2 Å². The average molecular weight is 240 g/mol. The van der Waals surface area contributed by atoms with E-state index in [1.165, 1.54) is 0 Å². The third kappa shape index (κ3) is 6.76. The van der Waals surface area contributed by atoms with E-state index < -0.39 is 0 Å². The van der Waals surface area contributed by atoms with E-state index >= 15 is 0 Å². The summed E-state index contributed by atoms with van der Waals surface area (Å²) in [6.45, 7) is 3.50. The van der Waals surface area contributed by atoms with Gasteiger partial charge in [-0.1, -0.05) is 0 Å². The summed E-state index contributed by atoms with van der Waals surface area (Å²) in [4.78, 5) is 11.2. The van der Waals surface area contributed by atoms with Crippen LogP contribution < -0.4 is 11.1 Å². The molecule has 5 heteroatoms. The van der Waals surface area contributed by atoms with E-state index in [1.807, 2.05) is 19.1 Å². The molecule has 0 saturated heterocycles. The van der Waals surface area contributed by atoms with E-state index in [4.69, 9.17) is 14.9 Å². The predicted molar refractivity (Wildman–Crippen MR) is 64.3 cm³/mol. The van der Waals surface area contributed by atoms with Crippen molar-refractivity contribution >= 4 is 5.91 Å². The van der Waals surface area contributed by atoms with Crippen molar-refractivity contribution in [1.29, 1.82) is 0 Å². The average Bonchev–Trinajstić information content (AvgIpc) is 2.75. The summed E-state index contributed by atoms with van der Waals surface area (Å²) in [5.74, 6) is 0.803. The first kappa shape index (κ1) is 13.7. The SMILES string of the molecule is CC(N)CC(=O)NCCCOCc1ccco1. The van der Waals surface area contributed by atoms with Gasteiger partial charge in [-0.05, 0) is 25.5 Å². The van der Waals surface area contributed by atoms with E-state index in [0.29, 0.717) is 26.2 Å². The second kappa shape index (κ2) is 7.86. The Morgan fingerprint density at radius 2 is 2.47 bits per heavy atom. The fourth-order valence-corrected chi connectivity index (χ4v) is 1.33. The van der Waals surface area contributed by atoms with Gasteiger partial charge in [0.05, 0.1) is 6.26 Å². The Kier molecular flexibility index (Phi) is 6.35. The molecule has 1 heterocycles. The topological polar surface area (TPSA) is 77.5 Å². The van der Waals surface area contributed by atoms with Crippen LogP contribution in [0.4, 0.5) is 0 Å². The zero-order valence-corrected chi connectivity index (χ0v) is 10.1. The highest BCUT2D eigenvalue weighted by Gasteiger charge is 2.03. The maximum atomic E-state index is 11.2. The van der Waals surface area contributed by atoms with Gasteiger partial charge in [0.1, 0.15) is 12.4 Å². The number of nitrogens with two attached hydrogens (primary N) is 1. The van der Waals surface area contributed by atoms with Crippen LogP contribution in [0, 0.1) is 0 Å². The van der Waals surface area contributed by atoms with Crippen LogP contribution in [0.2, 0.25) is 0 Å². The summed E-state index contributed by atoms with van der Waals surface area (Å²) < 4.78 is 10.5. The van der Waals surface area contributed by atoms with Crippen LogP contribution in [0.3, 0.4) is 0 Å². The van der Waals surface area contributed by atoms with E-state index in [-0.39, 0.29) is 11.9 Å². The number of hydrogen-bond donors (Lipinski definition) is 2. The van der Waals surface area contributed by atoms with Crippen LogP contribution in [0.5, 0.6) is 0 Å². The summed E-state index contributed by atoms with van der Waals surface area (Å²) in [5, 5.41) is 2.79. The molecule has 1 aromatic heterocycles. The first-order valence-electron chi connectivity index (χ1n) is 5.81. The van der Waals surface area contributed by atoms with E-state index in [9.17, 15) is 4.79 Å². The Morgan fingerprint density at radius 1 is 1.65 bits per heavy atom. The van der Waals surface area contributed by atoms with Crippen molar-refractivity contribution in [2.45, 2.75) is 32.4 Å². The Bertz CT molecular complexity index is 310. The number of ether oxygens (including phenoxy) is 1. The molecule has 0 bridgehead atoms. The number of carbonyl (C=O) groups excluding carboxylic acids is 1. The minimum absolute atomic E-state index is 0.00830. The van der Waals surface area contributed by atoms with Gasteiger partial charge in [-0.2, -0.15) is 0 Å². The lowest BCUT2D eigenvalue weighted by Crippen LogP contribution is -2.30. The highest BCUT2D eigenvalue weighted by molar-refractivity contribution is 5.76. The van der Waals surface area contributed by atoms with Crippen molar-refractivity contribution in [1.82, 2.24) is 5.32 Å². The Balaban J connectivity index is 1.92. The molecule has 1 rings (SSSR count). The van der Waals surface area contributed by atoms with Crippen molar-refractivity contribution in [3.05, 3.63) is 24.2 Å². The van der Waals surface area contributed by atoms with Gasteiger partial charge in [-0.15, -0.1) is 0 Å². The standard InChI is InChI=1S/C12H20N2O3/c1-10(13)8-12(15)14-5-3-6-16-9-11-4-2-7-17-11/h2,4,7,10H,3,5-6,8-9,13H2,1H3,(H,14,15). The van der Waals surface area contributed by atoms with Crippen molar-refractivity contribution in [3.63, 3.8) is 0 Å². The fraction of sp³-hybridized carbons (Fsp3) is 0.583. The molecule has 1 atom stereocenters. The van der Waals surface area contributed by atoms with E-state index in [1.54, 1.807) is 6.26 Å². The molecule has 3 N–H and O–H groups in total. The van der Waals surface area contributed by atoms with Gasteiger partial charge in [0.15, 0.2) is 0 Å². The third-order valence-corrected chi connectivity index (χ3v) is 2.12. The molecular formula is C12H20N2O3. The Hall–Kier alpha value is -1.33. The lowest BCUT2D eigenvalue weighted by Gasteiger charge is -2.07. The maximum absolute atomic E-state index is 11.2. The highest BCUT2D eigenvalue weighted by Crippen LogP contribution is 2.01. The molecule has 0 fully saturated rings. The minimum atomic E-state index is -0.0924. The summed E-state index contributed by atoms with van der Waals surface area (Å²) in [6, 6.07) is 3.60. The molecule has 0 aliphatic heterocycles. The first-order valence-corrected chi connectivity index (χ1v) is 5.81. The van der Waals surface area contributed by atoms with Gasteiger partial charge in [0, 0.05) is 25.6 Å². The molecule has 0 spiro atoms. The second-order valence-corrected chi connectivity index (χ2v) is 4.02. The van der Waals surface area contributed by atoms with Crippen LogP contribution in [-0.2, 0) is 16.1 Å². The zero-order valence-electron chi connectivity index (χ0n) is 10.1. The van der Waals surface area contributed by atoms with Crippen LogP contribution in [0.25, 0.3) is 0 Å². The van der Waals surface area contributed by atoms with Gasteiger partial charge in [0.25, 0.3) is 0 Å². The summed E-state index contributed by atoms with van der Waals surface area (Å²) in [5.41, 5.74) is 5.50. The molecule has 17 heavy (non-hydrogen) atoms. The maximum Gasteiger partial charge on any atom is 0.221 e. The summed E-state index contributed by atoms with van der Waals surface area (Å²) in [6.07, 6.45) is 2.77. The smallest absolute Gasteiger partial charge is 0.221 e. The number of amides is 1. The zero-order chi connectivity index (χ0) is 12.5. The van der Waals surface area contributed by atoms with Gasteiger partial charge >= 0.3 is 0 Å². The van der Waals surface area contributed by atoms with Crippen LogP contribution in [0.15, 0.2) is 22.8 Å². The number of hydrogen-bond acceptors (Lipinski definition) is 4. The molecule has 0 aliphatic carbocycles. The lowest BCUT2D eigenvalue weighted by molar-refractivity contribution is -0.121. The van der Waals surface area contributed by atoms with Crippen LogP contribution in [0.1, 0.15) is 25.5 Å². The molecular weight excluding hydrogens is 220 g/mol. The molecule has 0 saturated carbocycles. The lowest BCUT2D eigenvalue weighted by atomic mass is 10.2. The predicted octanol–water partition coefficient (Wildman–Crippen LogP) is 1.04. The van der Waals surface area contributed by atoms with Gasteiger partial charge in [0.2, 0.25) is 5.91 Å². The molecule has 1 aromatic rings. The normalized spacial score (nSPS) is 12.4. The van der Waals surface area contributed by atoms with Gasteiger partial charge in [-0.3, -0.25) is 4.79 Å². The van der Waals surface area contributed by atoms with Gasteiger partial charge < -0.3 is 20.2 Å². The van der Waals surface area contributed by atoms with Crippen molar-refractivity contribution < 1.29 is 13.9 Å². The van der Waals surface area contributed by atoms with Crippen molar-refractivity contribution in [3.8, 4) is 0 Å². The van der Waals surface area contributed by atoms with Crippen LogP contribution in [-0.4, -0.2) is 25.1 Å². The molecule has 1 unspecified atom stereocenters. The molecule has 0 aromatic carbocycles. The van der Waals surface area contributed by atoms with E-state index in [2.05, 4.69) is 5.32 Å². The molecule has 0 radical (unpaired) electrons. The molecule has 1 amide bonds. The fourth-order valence-electron chi connectivity index (χ4n) is 1.33. The number of rotatable bonds is 8. The summed E-state index contributed by atoms with van der Waals surface area (Å²) >= 11 is 0. The monoisotopic (exact) mass is 240 g/mol. The Labute approximate surface area is 101 Å². The minimum Gasteiger partial charge on any atom is -0.467 e. The number of furan rings is 1. The van der Waals surface area contributed by atoms with Crippen molar-refractivity contribution in [2.24, 2.45) is 5.73 Å². The molecule has 96 valence electrons. The first-order chi connectivity index (χ1) is 8.18. The number of carbonyl (C=O) groups is 1. The summed E-state index contributed by atoms with van der Waals surface area (Å²) in [7, 11) is 0. The van der Waals surface area contributed by atoms with Gasteiger partial charge in [-0.25, -0.2) is 0 Å². The highest BCUT2D eigenvalue weighted by atomic mass is 16.5. The quantitative estimate of drug-likeness (QED) is 0.665.